The highest BCUT2D eigenvalue weighted by molar-refractivity contribution is 4.78. The fraction of sp³-hybridized carbons (Fsp3) is 1.00. The van der Waals surface area contributed by atoms with Crippen LogP contribution in [0.1, 0.15) is 51.9 Å². The van der Waals surface area contributed by atoms with Gasteiger partial charge in [0, 0.05) is 25.2 Å². The number of likely N-dealkylation sites (N-methyl/N-ethyl adjacent to an activating group) is 1. The lowest BCUT2D eigenvalue weighted by atomic mass is 10.1. The molecular formula is C16H33N3. The zero-order valence-corrected chi connectivity index (χ0v) is 13.0. The third-order valence-electron chi connectivity index (χ3n) is 5.11. The van der Waals surface area contributed by atoms with Gasteiger partial charge in [0.15, 0.2) is 0 Å². The van der Waals surface area contributed by atoms with E-state index in [0.29, 0.717) is 0 Å². The first kappa shape index (κ1) is 15.3. The first-order valence-corrected chi connectivity index (χ1v) is 8.45. The maximum absolute atomic E-state index is 3.79. The Morgan fingerprint density at radius 1 is 1.05 bits per heavy atom. The smallest absolute Gasteiger partial charge is 0.0107 e. The Balaban J connectivity index is 1.59. The van der Waals surface area contributed by atoms with Crippen LogP contribution in [0.4, 0.5) is 0 Å². The summed E-state index contributed by atoms with van der Waals surface area (Å²) in [4.78, 5) is 5.17. The quantitative estimate of drug-likeness (QED) is 0.797. The Kier molecular flexibility index (Phi) is 6.62. The number of hydrogen-bond donors (Lipinski definition) is 1. The molecule has 19 heavy (non-hydrogen) atoms. The molecule has 3 heteroatoms. The summed E-state index contributed by atoms with van der Waals surface area (Å²) in [6.45, 7) is 8.48. The van der Waals surface area contributed by atoms with Gasteiger partial charge in [0.2, 0.25) is 0 Å². The third kappa shape index (κ3) is 5.05. The van der Waals surface area contributed by atoms with Crippen LogP contribution in [0, 0.1) is 0 Å². The van der Waals surface area contributed by atoms with E-state index in [-0.39, 0.29) is 0 Å². The number of rotatable bonds is 6. The van der Waals surface area contributed by atoms with Crippen LogP contribution in [0.5, 0.6) is 0 Å². The van der Waals surface area contributed by atoms with Crippen molar-refractivity contribution in [2.24, 2.45) is 0 Å². The van der Waals surface area contributed by atoms with E-state index in [0.717, 1.165) is 12.1 Å². The van der Waals surface area contributed by atoms with E-state index in [1.54, 1.807) is 0 Å². The highest BCUT2D eigenvalue weighted by Crippen LogP contribution is 2.21. The van der Waals surface area contributed by atoms with Crippen molar-refractivity contribution in [2.75, 3.05) is 39.8 Å². The number of nitrogens with zero attached hydrogens (tertiary/aromatic N) is 2. The van der Waals surface area contributed by atoms with Gasteiger partial charge in [-0.2, -0.15) is 0 Å². The first-order chi connectivity index (χ1) is 9.29. The molecule has 1 unspecified atom stereocenters. The van der Waals surface area contributed by atoms with Gasteiger partial charge in [-0.3, -0.25) is 0 Å². The molecule has 1 saturated carbocycles. The van der Waals surface area contributed by atoms with Gasteiger partial charge >= 0.3 is 0 Å². The molecule has 1 heterocycles. The van der Waals surface area contributed by atoms with Crippen molar-refractivity contribution in [1.82, 2.24) is 15.1 Å². The molecule has 0 aromatic heterocycles. The molecule has 0 aromatic carbocycles. The topological polar surface area (TPSA) is 18.5 Å². The van der Waals surface area contributed by atoms with Crippen molar-refractivity contribution in [2.45, 2.75) is 64.0 Å². The summed E-state index contributed by atoms with van der Waals surface area (Å²) in [5, 5.41) is 3.79. The maximum atomic E-state index is 3.79. The van der Waals surface area contributed by atoms with Crippen molar-refractivity contribution in [3.63, 3.8) is 0 Å². The lowest BCUT2D eigenvalue weighted by Gasteiger charge is -2.25. The second-order valence-electron chi connectivity index (χ2n) is 6.44. The Labute approximate surface area is 119 Å². The van der Waals surface area contributed by atoms with Crippen LogP contribution in [0.3, 0.4) is 0 Å². The normalized spacial score (nSPS) is 27.0. The van der Waals surface area contributed by atoms with Crippen LogP contribution in [0.2, 0.25) is 0 Å². The summed E-state index contributed by atoms with van der Waals surface area (Å²) in [5.41, 5.74) is 0. The minimum Gasteiger partial charge on any atom is -0.313 e. The van der Waals surface area contributed by atoms with E-state index in [9.17, 15) is 0 Å². The molecule has 0 radical (unpaired) electrons. The summed E-state index contributed by atoms with van der Waals surface area (Å²) >= 11 is 0. The molecule has 0 aromatic rings. The minimum atomic E-state index is 0.758. The maximum Gasteiger partial charge on any atom is 0.0107 e. The Bertz CT molecular complexity index is 238. The summed E-state index contributed by atoms with van der Waals surface area (Å²) in [6, 6.07) is 1.63. The molecule has 1 saturated heterocycles. The monoisotopic (exact) mass is 267 g/mol. The Morgan fingerprint density at radius 2 is 1.84 bits per heavy atom. The van der Waals surface area contributed by atoms with Gasteiger partial charge in [0.25, 0.3) is 0 Å². The SMILES string of the molecule is CCN1CCCC(NCCN(C)C2CCCC2)CC1. The minimum absolute atomic E-state index is 0.758. The van der Waals surface area contributed by atoms with Gasteiger partial charge in [-0.15, -0.1) is 0 Å². The van der Waals surface area contributed by atoms with Crippen molar-refractivity contribution < 1.29 is 0 Å². The molecule has 0 spiro atoms. The van der Waals surface area contributed by atoms with Gasteiger partial charge in [-0.25, -0.2) is 0 Å². The zero-order valence-electron chi connectivity index (χ0n) is 13.0. The summed E-state index contributed by atoms with van der Waals surface area (Å²) in [5.74, 6) is 0. The summed E-state index contributed by atoms with van der Waals surface area (Å²) in [6.07, 6.45) is 9.79. The average molecular weight is 267 g/mol. The van der Waals surface area contributed by atoms with E-state index < -0.39 is 0 Å². The van der Waals surface area contributed by atoms with Gasteiger partial charge in [-0.1, -0.05) is 19.8 Å². The largest absolute Gasteiger partial charge is 0.313 e. The van der Waals surface area contributed by atoms with E-state index in [1.165, 1.54) is 77.7 Å². The van der Waals surface area contributed by atoms with Crippen LogP contribution in [0.15, 0.2) is 0 Å². The molecule has 0 bridgehead atoms. The van der Waals surface area contributed by atoms with Crippen molar-refractivity contribution in [1.29, 1.82) is 0 Å². The fourth-order valence-electron chi connectivity index (χ4n) is 3.65. The summed E-state index contributed by atoms with van der Waals surface area (Å²) < 4.78 is 0. The van der Waals surface area contributed by atoms with Gasteiger partial charge in [0.1, 0.15) is 0 Å². The fourth-order valence-corrected chi connectivity index (χ4v) is 3.65. The average Bonchev–Trinajstić information content (AvgIpc) is 2.86. The molecular weight excluding hydrogens is 234 g/mol. The highest BCUT2D eigenvalue weighted by Gasteiger charge is 2.20. The van der Waals surface area contributed by atoms with E-state index in [1.807, 2.05) is 0 Å². The molecule has 1 aliphatic carbocycles. The van der Waals surface area contributed by atoms with Gasteiger partial charge in [0.05, 0.1) is 0 Å². The lowest BCUT2D eigenvalue weighted by Crippen LogP contribution is -2.39. The molecule has 3 nitrogen and oxygen atoms in total. The standard InChI is InChI=1S/C16H33N3/c1-3-19-12-6-7-15(10-13-19)17-11-14-18(2)16-8-4-5-9-16/h15-17H,3-14H2,1-2H3. The highest BCUT2D eigenvalue weighted by atomic mass is 15.2. The van der Waals surface area contributed by atoms with Crippen LogP contribution in [0.25, 0.3) is 0 Å². The molecule has 1 atom stereocenters. The summed E-state index contributed by atoms with van der Waals surface area (Å²) in [7, 11) is 2.31. The second-order valence-corrected chi connectivity index (χ2v) is 6.44. The Morgan fingerprint density at radius 3 is 2.58 bits per heavy atom. The molecule has 0 amide bonds. The van der Waals surface area contributed by atoms with E-state index in [4.69, 9.17) is 0 Å². The van der Waals surface area contributed by atoms with E-state index >= 15 is 0 Å². The molecule has 2 rings (SSSR count). The number of hydrogen-bond acceptors (Lipinski definition) is 3. The van der Waals surface area contributed by atoms with Gasteiger partial charge in [-0.05, 0) is 58.8 Å². The third-order valence-corrected chi connectivity index (χ3v) is 5.11. The number of likely N-dealkylation sites (tertiary alicyclic amines) is 1. The van der Waals surface area contributed by atoms with E-state index in [2.05, 4.69) is 29.1 Å². The van der Waals surface area contributed by atoms with Crippen LogP contribution >= 0.6 is 0 Å². The van der Waals surface area contributed by atoms with Crippen LogP contribution in [-0.2, 0) is 0 Å². The molecule has 2 aliphatic rings. The zero-order chi connectivity index (χ0) is 13.5. The predicted octanol–water partition coefficient (Wildman–Crippen LogP) is 2.32. The van der Waals surface area contributed by atoms with Crippen molar-refractivity contribution in [3.05, 3.63) is 0 Å². The second kappa shape index (κ2) is 8.23. The van der Waals surface area contributed by atoms with Crippen molar-refractivity contribution in [3.8, 4) is 0 Å². The van der Waals surface area contributed by atoms with Crippen molar-refractivity contribution >= 4 is 0 Å². The first-order valence-electron chi connectivity index (χ1n) is 8.45. The molecule has 2 fully saturated rings. The molecule has 1 aliphatic heterocycles. The predicted molar refractivity (Wildman–Crippen MR) is 82.6 cm³/mol. The van der Waals surface area contributed by atoms with Crippen LogP contribution < -0.4 is 5.32 Å². The van der Waals surface area contributed by atoms with Crippen LogP contribution in [-0.4, -0.2) is 61.7 Å². The lowest BCUT2D eigenvalue weighted by molar-refractivity contribution is 0.240. The number of nitrogens with one attached hydrogen (secondary N) is 1. The molecule has 112 valence electrons. The van der Waals surface area contributed by atoms with Gasteiger partial charge < -0.3 is 15.1 Å². The molecule has 1 N–H and O–H groups in total. The Hall–Kier alpha value is -0.120.